The third kappa shape index (κ3) is 8.68. The molecule has 2 N–H and O–H groups in total. The number of anilines is 1. The molecule has 0 unspecified atom stereocenters. The second-order valence-electron chi connectivity index (χ2n) is 8.36. The Balaban J connectivity index is 1.86. The summed E-state index contributed by atoms with van der Waals surface area (Å²) in [5.41, 5.74) is 2.10. The Morgan fingerprint density at radius 3 is 2.29 bits per heavy atom. The van der Waals surface area contributed by atoms with Crippen LogP contribution in [0.3, 0.4) is 0 Å². The number of ether oxygens (including phenoxy) is 1. The zero-order valence-electron chi connectivity index (χ0n) is 21.0. The number of halogens is 1. The van der Waals surface area contributed by atoms with E-state index in [-0.39, 0.29) is 11.4 Å². The van der Waals surface area contributed by atoms with E-state index >= 15 is 0 Å². The lowest BCUT2D eigenvalue weighted by molar-refractivity contribution is 0.202. The average Bonchev–Trinajstić information content (AvgIpc) is 2.88. The molecule has 0 aliphatic rings. The van der Waals surface area contributed by atoms with Crippen molar-refractivity contribution in [2.24, 2.45) is 0 Å². The molecule has 3 aromatic carbocycles. The highest BCUT2D eigenvalue weighted by Crippen LogP contribution is 2.36. The fourth-order valence-electron chi connectivity index (χ4n) is 3.67. The summed E-state index contributed by atoms with van der Waals surface area (Å²) in [6, 6.07) is 20.3. The minimum atomic E-state index is -4.79. The average molecular weight is 581 g/mol. The van der Waals surface area contributed by atoms with Crippen LogP contribution in [0.25, 0.3) is 6.08 Å². The van der Waals surface area contributed by atoms with Gasteiger partial charge in [0.1, 0.15) is 5.75 Å². The molecular formula is C26H30ClN2O7PS. The standard InChI is InChI=1S/C26H30ClN2O7PS/c1-28(17-5-6-21-9-11-23(27)12-10-21)20-22-7-3-4-8-26(22)29(18-19-36-37(30,31)32)38(33,34)25-15-13-24(35-2)14-16-25/h3-16H,17-20H2,1-2H3,(H2,30,31,32)/b6-5+. The van der Waals surface area contributed by atoms with Crippen LogP contribution in [0.1, 0.15) is 11.1 Å². The molecule has 0 saturated heterocycles. The van der Waals surface area contributed by atoms with E-state index in [9.17, 15) is 13.0 Å². The fraction of sp³-hybridized carbons (Fsp3) is 0.231. The maximum absolute atomic E-state index is 13.7. The molecule has 3 rings (SSSR count). The highest BCUT2D eigenvalue weighted by atomic mass is 35.5. The summed E-state index contributed by atoms with van der Waals surface area (Å²) in [5.74, 6) is 0.494. The van der Waals surface area contributed by atoms with E-state index in [4.69, 9.17) is 26.1 Å². The van der Waals surface area contributed by atoms with Gasteiger partial charge in [-0.15, -0.1) is 0 Å². The fourth-order valence-corrected chi connectivity index (χ4v) is 5.61. The smallest absolute Gasteiger partial charge is 0.469 e. The molecule has 0 fully saturated rings. The third-order valence-electron chi connectivity index (χ3n) is 5.50. The molecule has 3 aromatic rings. The zero-order chi connectivity index (χ0) is 27.8. The van der Waals surface area contributed by atoms with Crippen molar-refractivity contribution < 1.29 is 32.0 Å². The van der Waals surface area contributed by atoms with Gasteiger partial charge in [-0.2, -0.15) is 0 Å². The molecule has 0 atom stereocenters. The SMILES string of the molecule is COc1ccc(S(=O)(=O)N(CCOP(=O)(O)O)c2ccccc2CN(C)C/C=C/c2ccc(Cl)cc2)cc1. The van der Waals surface area contributed by atoms with Crippen molar-refractivity contribution in [1.29, 1.82) is 0 Å². The van der Waals surface area contributed by atoms with Gasteiger partial charge in [-0.25, -0.2) is 13.0 Å². The largest absolute Gasteiger partial charge is 0.497 e. The molecule has 0 aromatic heterocycles. The number of hydrogen-bond donors (Lipinski definition) is 2. The van der Waals surface area contributed by atoms with E-state index in [1.54, 1.807) is 18.2 Å². The maximum atomic E-state index is 13.7. The Bertz CT molecular complexity index is 1380. The molecule has 0 aliphatic carbocycles. The molecule has 0 heterocycles. The molecule has 0 spiro atoms. The normalized spacial score (nSPS) is 12.3. The summed E-state index contributed by atoms with van der Waals surface area (Å²) in [6.07, 6.45) is 3.96. The van der Waals surface area contributed by atoms with Gasteiger partial charge in [-0.1, -0.05) is 54.1 Å². The number of methoxy groups -OCH3 is 1. The van der Waals surface area contributed by atoms with Gasteiger partial charge in [0.25, 0.3) is 10.0 Å². The molecule has 9 nitrogen and oxygen atoms in total. The monoisotopic (exact) mass is 580 g/mol. The first-order valence-electron chi connectivity index (χ1n) is 11.5. The first-order valence-corrected chi connectivity index (χ1v) is 14.9. The van der Waals surface area contributed by atoms with Crippen LogP contribution in [-0.2, 0) is 25.7 Å². The third-order valence-corrected chi connectivity index (χ3v) is 8.10. The van der Waals surface area contributed by atoms with Crippen LogP contribution in [0.4, 0.5) is 5.69 Å². The molecule has 12 heteroatoms. The number of para-hydroxylation sites is 1. The summed E-state index contributed by atoms with van der Waals surface area (Å²) in [4.78, 5) is 20.2. The van der Waals surface area contributed by atoms with Gasteiger partial charge in [0, 0.05) is 18.1 Å². The molecule has 0 bridgehead atoms. The van der Waals surface area contributed by atoms with E-state index < -0.39 is 24.5 Å². The molecule has 38 heavy (non-hydrogen) atoms. The van der Waals surface area contributed by atoms with E-state index in [0.29, 0.717) is 35.1 Å². The second kappa shape index (κ2) is 13.4. The molecule has 0 amide bonds. The van der Waals surface area contributed by atoms with E-state index in [0.717, 1.165) is 9.87 Å². The first kappa shape index (κ1) is 29.9. The molecule has 0 radical (unpaired) electrons. The minimum Gasteiger partial charge on any atom is -0.497 e. The molecule has 0 aliphatic heterocycles. The summed E-state index contributed by atoms with van der Waals surface area (Å²) < 4.78 is 49.4. The number of hydrogen-bond acceptors (Lipinski definition) is 6. The summed E-state index contributed by atoms with van der Waals surface area (Å²) in [5, 5.41) is 0.663. The minimum absolute atomic E-state index is 0.00327. The highest BCUT2D eigenvalue weighted by Gasteiger charge is 2.28. The van der Waals surface area contributed by atoms with Crippen molar-refractivity contribution in [3.05, 3.63) is 95.0 Å². The van der Waals surface area contributed by atoms with Crippen LogP contribution in [0, 0.1) is 0 Å². The van der Waals surface area contributed by atoms with Crippen LogP contribution in [0.2, 0.25) is 5.02 Å². The predicted octanol–water partition coefficient (Wildman–Crippen LogP) is 4.80. The van der Waals surface area contributed by atoms with Crippen molar-refractivity contribution in [1.82, 2.24) is 4.90 Å². The lowest BCUT2D eigenvalue weighted by Gasteiger charge is -2.28. The van der Waals surface area contributed by atoms with Crippen molar-refractivity contribution in [3.8, 4) is 5.75 Å². The van der Waals surface area contributed by atoms with Crippen molar-refractivity contribution in [2.45, 2.75) is 11.4 Å². The van der Waals surface area contributed by atoms with Crippen molar-refractivity contribution >= 4 is 41.2 Å². The Morgan fingerprint density at radius 2 is 1.66 bits per heavy atom. The van der Waals surface area contributed by atoms with Gasteiger partial charge in [0.05, 0.1) is 30.8 Å². The topological polar surface area (TPSA) is 117 Å². The van der Waals surface area contributed by atoms with E-state index in [2.05, 4.69) is 4.52 Å². The van der Waals surface area contributed by atoms with Crippen molar-refractivity contribution in [2.75, 3.05) is 38.2 Å². The van der Waals surface area contributed by atoms with Gasteiger partial charge in [0.2, 0.25) is 0 Å². The van der Waals surface area contributed by atoms with Gasteiger partial charge >= 0.3 is 7.82 Å². The summed E-state index contributed by atoms with van der Waals surface area (Å²) in [6.45, 7) is 0.183. The van der Waals surface area contributed by atoms with Gasteiger partial charge < -0.3 is 14.5 Å². The van der Waals surface area contributed by atoms with E-state index in [1.165, 1.54) is 31.4 Å². The van der Waals surface area contributed by atoms with E-state index in [1.807, 2.05) is 54.4 Å². The number of phosphoric ester groups is 1. The second-order valence-corrected chi connectivity index (χ2v) is 11.9. The quantitative estimate of drug-likeness (QED) is 0.277. The number of sulfonamides is 1. The van der Waals surface area contributed by atoms with Crippen LogP contribution < -0.4 is 9.04 Å². The summed E-state index contributed by atoms with van der Waals surface area (Å²) in [7, 11) is -5.51. The Labute approximate surface area is 228 Å². The van der Waals surface area contributed by atoms with Crippen molar-refractivity contribution in [3.63, 3.8) is 0 Å². The molecule has 0 saturated carbocycles. The Kier molecular flexibility index (Phi) is 10.5. The van der Waals surface area contributed by atoms with Crippen LogP contribution >= 0.6 is 19.4 Å². The Morgan fingerprint density at radius 1 is 1.00 bits per heavy atom. The lowest BCUT2D eigenvalue weighted by Crippen LogP contribution is -2.35. The molecule has 204 valence electrons. The van der Waals surface area contributed by atoms with Gasteiger partial charge in [-0.3, -0.25) is 13.7 Å². The van der Waals surface area contributed by atoms with Crippen LogP contribution in [0.5, 0.6) is 5.75 Å². The number of phosphoric acid groups is 1. The van der Waals surface area contributed by atoms with Crippen LogP contribution in [0.15, 0.2) is 83.8 Å². The molecular weight excluding hydrogens is 551 g/mol. The maximum Gasteiger partial charge on any atom is 0.469 e. The summed E-state index contributed by atoms with van der Waals surface area (Å²) >= 11 is 5.93. The van der Waals surface area contributed by atoms with Gasteiger partial charge in [-0.05, 0) is 60.6 Å². The highest BCUT2D eigenvalue weighted by molar-refractivity contribution is 7.92. The number of likely N-dealkylation sites (N-methyl/N-ethyl adjacent to an activating group) is 1. The number of rotatable bonds is 13. The number of benzene rings is 3. The van der Waals surface area contributed by atoms with Crippen LogP contribution in [-0.4, -0.2) is 57.0 Å². The number of nitrogens with zero attached hydrogens (tertiary/aromatic N) is 2. The van der Waals surface area contributed by atoms with Gasteiger partial charge in [0.15, 0.2) is 0 Å². The predicted molar refractivity (Wildman–Crippen MR) is 149 cm³/mol. The lowest BCUT2D eigenvalue weighted by atomic mass is 10.1. The zero-order valence-corrected chi connectivity index (χ0v) is 23.4. The first-order chi connectivity index (χ1) is 18.0. The Hall–Kier alpha value is -2.69.